The van der Waals surface area contributed by atoms with Crippen molar-refractivity contribution in [1.82, 2.24) is 10.3 Å². The van der Waals surface area contributed by atoms with Crippen molar-refractivity contribution in [3.8, 4) is 5.75 Å². The Balaban J connectivity index is 2.01. The van der Waals surface area contributed by atoms with Crippen LogP contribution in [0.2, 0.25) is 0 Å². The Bertz CT molecular complexity index is 348. The van der Waals surface area contributed by atoms with Gasteiger partial charge in [0.1, 0.15) is 5.75 Å². The van der Waals surface area contributed by atoms with Crippen LogP contribution in [0, 0.1) is 12.8 Å². The molecule has 0 spiro atoms. The molecular weight excluding hydrogens is 200 g/mol. The van der Waals surface area contributed by atoms with Crippen molar-refractivity contribution in [3.63, 3.8) is 0 Å². The zero-order valence-electron chi connectivity index (χ0n) is 10.1. The van der Waals surface area contributed by atoms with Gasteiger partial charge in [0.2, 0.25) is 0 Å². The monoisotopic (exact) mass is 220 g/mol. The molecule has 0 atom stereocenters. The van der Waals surface area contributed by atoms with Crippen molar-refractivity contribution >= 4 is 0 Å². The highest BCUT2D eigenvalue weighted by molar-refractivity contribution is 5.32. The summed E-state index contributed by atoms with van der Waals surface area (Å²) in [4.78, 5) is 4.32. The largest absolute Gasteiger partial charge is 0.493 e. The Hall–Kier alpha value is -1.09. The van der Waals surface area contributed by atoms with Crippen LogP contribution in [0.15, 0.2) is 12.3 Å². The molecule has 0 bridgehead atoms. The molecule has 1 aromatic heterocycles. The minimum absolute atomic E-state index is 0.792. The molecule has 1 saturated carbocycles. The van der Waals surface area contributed by atoms with Crippen LogP contribution < -0.4 is 10.1 Å². The maximum Gasteiger partial charge on any atom is 0.127 e. The van der Waals surface area contributed by atoms with Gasteiger partial charge in [0, 0.05) is 30.1 Å². The van der Waals surface area contributed by atoms with E-state index in [0.717, 1.165) is 42.6 Å². The number of aryl methyl sites for hydroxylation is 1. The molecule has 0 saturated heterocycles. The number of pyridine rings is 1. The molecule has 0 amide bonds. The molecular formula is C13H20N2O. The summed E-state index contributed by atoms with van der Waals surface area (Å²) in [5.74, 6) is 1.79. The van der Waals surface area contributed by atoms with Gasteiger partial charge in [0.25, 0.3) is 0 Å². The third-order valence-corrected chi connectivity index (χ3v) is 2.82. The normalized spacial score (nSPS) is 15.1. The van der Waals surface area contributed by atoms with Gasteiger partial charge in [-0.05, 0) is 32.2 Å². The Labute approximate surface area is 97.2 Å². The Kier molecular flexibility index (Phi) is 3.78. The van der Waals surface area contributed by atoms with Crippen molar-refractivity contribution in [2.75, 3.05) is 13.2 Å². The standard InChI is InChI=1S/C13H20N2O/c1-3-14-7-12-8-15-10(2)6-13(12)16-9-11-4-5-11/h6,8,11,14H,3-5,7,9H2,1-2H3. The van der Waals surface area contributed by atoms with Crippen molar-refractivity contribution in [2.45, 2.75) is 33.2 Å². The van der Waals surface area contributed by atoms with Crippen LogP contribution in [0.3, 0.4) is 0 Å². The van der Waals surface area contributed by atoms with Gasteiger partial charge in [-0.25, -0.2) is 0 Å². The number of aromatic nitrogens is 1. The van der Waals surface area contributed by atoms with Gasteiger partial charge in [-0.15, -0.1) is 0 Å². The number of hydrogen-bond acceptors (Lipinski definition) is 3. The summed E-state index contributed by atoms with van der Waals surface area (Å²) >= 11 is 0. The highest BCUT2D eigenvalue weighted by Crippen LogP contribution is 2.30. The molecule has 3 heteroatoms. The molecule has 1 heterocycles. The van der Waals surface area contributed by atoms with E-state index >= 15 is 0 Å². The summed E-state index contributed by atoms with van der Waals surface area (Å²) in [6, 6.07) is 2.04. The van der Waals surface area contributed by atoms with Crippen LogP contribution in [0.1, 0.15) is 31.0 Å². The lowest BCUT2D eigenvalue weighted by Crippen LogP contribution is -2.13. The summed E-state index contributed by atoms with van der Waals surface area (Å²) in [6.45, 7) is 6.77. The zero-order valence-corrected chi connectivity index (χ0v) is 10.1. The summed E-state index contributed by atoms with van der Waals surface area (Å²) in [7, 11) is 0. The number of nitrogens with zero attached hydrogens (tertiary/aromatic N) is 1. The second-order valence-corrected chi connectivity index (χ2v) is 4.47. The topological polar surface area (TPSA) is 34.2 Å². The quantitative estimate of drug-likeness (QED) is 0.798. The van der Waals surface area contributed by atoms with E-state index < -0.39 is 0 Å². The van der Waals surface area contributed by atoms with Crippen LogP contribution in [-0.4, -0.2) is 18.1 Å². The van der Waals surface area contributed by atoms with E-state index in [0.29, 0.717) is 0 Å². The van der Waals surface area contributed by atoms with E-state index in [-0.39, 0.29) is 0 Å². The van der Waals surface area contributed by atoms with Crippen LogP contribution in [0.4, 0.5) is 0 Å². The smallest absolute Gasteiger partial charge is 0.127 e. The molecule has 0 radical (unpaired) electrons. The number of rotatable bonds is 6. The van der Waals surface area contributed by atoms with Gasteiger partial charge in [-0.2, -0.15) is 0 Å². The molecule has 16 heavy (non-hydrogen) atoms. The van der Waals surface area contributed by atoms with Gasteiger partial charge >= 0.3 is 0 Å². The third-order valence-electron chi connectivity index (χ3n) is 2.82. The van der Waals surface area contributed by atoms with Crippen LogP contribution in [0.5, 0.6) is 5.75 Å². The van der Waals surface area contributed by atoms with Crippen molar-refractivity contribution < 1.29 is 4.74 Å². The van der Waals surface area contributed by atoms with Gasteiger partial charge in [-0.3, -0.25) is 4.98 Å². The van der Waals surface area contributed by atoms with Crippen LogP contribution in [0.25, 0.3) is 0 Å². The molecule has 1 fully saturated rings. The molecule has 2 rings (SSSR count). The summed E-state index contributed by atoms with van der Waals surface area (Å²) in [5, 5.41) is 3.31. The number of hydrogen-bond donors (Lipinski definition) is 1. The predicted octanol–water partition coefficient (Wildman–Crippen LogP) is 2.29. The summed E-state index contributed by atoms with van der Waals surface area (Å²) in [5.41, 5.74) is 2.18. The Morgan fingerprint density at radius 1 is 1.50 bits per heavy atom. The van der Waals surface area contributed by atoms with Gasteiger partial charge in [-0.1, -0.05) is 6.92 Å². The Morgan fingerprint density at radius 3 is 3.00 bits per heavy atom. The second kappa shape index (κ2) is 5.30. The average molecular weight is 220 g/mol. The fourth-order valence-corrected chi connectivity index (χ4v) is 1.58. The van der Waals surface area contributed by atoms with E-state index in [1.807, 2.05) is 19.2 Å². The maximum absolute atomic E-state index is 5.86. The van der Waals surface area contributed by atoms with E-state index in [9.17, 15) is 0 Å². The van der Waals surface area contributed by atoms with E-state index in [1.54, 1.807) is 0 Å². The molecule has 88 valence electrons. The fourth-order valence-electron chi connectivity index (χ4n) is 1.58. The average Bonchev–Trinajstić information content (AvgIpc) is 3.09. The highest BCUT2D eigenvalue weighted by Gasteiger charge is 2.22. The summed E-state index contributed by atoms with van der Waals surface area (Å²) in [6.07, 6.45) is 4.57. The first kappa shape index (κ1) is 11.4. The minimum atomic E-state index is 0.792. The van der Waals surface area contributed by atoms with E-state index in [1.165, 1.54) is 12.8 Å². The van der Waals surface area contributed by atoms with Gasteiger partial charge < -0.3 is 10.1 Å². The first-order valence-corrected chi connectivity index (χ1v) is 6.08. The van der Waals surface area contributed by atoms with Crippen LogP contribution in [-0.2, 0) is 6.54 Å². The second-order valence-electron chi connectivity index (χ2n) is 4.47. The third kappa shape index (κ3) is 3.20. The maximum atomic E-state index is 5.86. The molecule has 0 aliphatic heterocycles. The van der Waals surface area contributed by atoms with Gasteiger partial charge in [0.15, 0.2) is 0 Å². The molecule has 0 aromatic carbocycles. The zero-order chi connectivity index (χ0) is 11.4. The van der Waals surface area contributed by atoms with Crippen LogP contribution >= 0.6 is 0 Å². The SMILES string of the molecule is CCNCc1cnc(C)cc1OCC1CC1. The number of nitrogens with one attached hydrogen (secondary N) is 1. The number of ether oxygens (including phenoxy) is 1. The lowest BCUT2D eigenvalue weighted by Gasteiger charge is -2.11. The Morgan fingerprint density at radius 2 is 2.31 bits per heavy atom. The lowest BCUT2D eigenvalue weighted by atomic mass is 10.2. The van der Waals surface area contributed by atoms with Gasteiger partial charge in [0.05, 0.1) is 6.61 Å². The lowest BCUT2D eigenvalue weighted by molar-refractivity contribution is 0.295. The first-order valence-electron chi connectivity index (χ1n) is 6.08. The molecule has 0 unspecified atom stereocenters. The molecule has 1 N–H and O–H groups in total. The summed E-state index contributed by atoms with van der Waals surface area (Å²) < 4.78 is 5.86. The van der Waals surface area contributed by atoms with E-state index in [4.69, 9.17) is 4.74 Å². The molecule has 3 nitrogen and oxygen atoms in total. The predicted molar refractivity (Wildman–Crippen MR) is 64.6 cm³/mol. The van der Waals surface area contributed by atoms with E-state index in [2.05, 4.69) is 17.2 Å². The molecule has 1 aliphatic rings. The minimum Gasteiger partial charge on any atom is -0.493 e. The molecule has 1 aliphatic carbocycles. The van der Waals surface area contributed by atoms with Crippen molar-refractivity contribution in [2.24, 2.45) is 5.92 Å². The van der Waals surface area contributed by atoms with Crippen molar-refractivity contribution in [1.29, 1.82) is 0 Å². The molecule has 1 aromatic rings. The first-order chi connectivity index (χ1) is 7.79. The fraction of sp³-hybridized carbons (Fsp3) is 0.615. The highest BCUT2D eigenvalue weighted by atomic mass is 16.5. The van der Waals surface area contributed by atoms with Crippen molar-refractivity contribution in [3.05, 3.63) is 23.5 Å².